The predicted molar refractivity (Wildman–Crippen MR) is 472 cm³/mol. The predicted octanol–water partition coefficient (Wildman–Crippen LogP) is -3.45. The molecule has 25 N–H and O–H groups in total. The summed E-state index contributed by atoms with van der Waals surface area (Å²) in [5, 5.41) is 84.1. The fourth-order valence-electron chi connectivity index (χ4n) is 13.4. The number of para-hydroxylation sites is 2. The largest absolute Gasteiger partial charge is 0.481 e. The second-order valence-corrected chi connectivity index (χ2v) is 34.1. The van der Waals surface area contributed by atoms with Gasteiger partial charge in [-0.3, -0.25) is 101 Å². The number of nitrogens with one attached hydrogen (secondary N) is 16. The lowest BCUT2D eigenvalue weighted by molar-refractivity contribution is -0.156. The van der Waals surface area contributed by atoms with E-state index in [4.69, 9.17) is 25.7 Å². The Kier molecular flexibility index (Phi) is 46.1. The van der Waals surface area contributed by atoms with Crippen molar-refractivity contribution < 1.29 is 150 Å². The maximum Gasteiger partial charge on any atom is 0.408 e. The van der Waals surface area contributed by atoms with Crippen LogP contribution in [0, 0.1) is 5.92 Å². The van der Waals surface area contributed by atoms with Crippen LogP contribution >= 0.6 is 0 Å². The Hall–Kier alpha value is -14.4. The number of cyclic esters (lactones) is 1. The molecule has 49 nitrogen and oxygen atoms in total. The molecule has 2 aromatic carbocycles. The number of aliphatic carboxylic acids is 4. The fraction of sp³-hybridized carbons (Fsp3) is 0.570. The molecular weight excluding hydrogens is 1780 g/mol. The first kappa shape index (κ1) is 113. The quantitative estimate of drug-likeness (QED) is 0.00864. The van der Waals surface area contributed by atoms with Crippen LogP contribution in [0.3, 0.4) is 0 Å². The molecule has 1 aliphatic rings. The van der Waals surface area contributed by atoms with Crippen molar-refractivity contribution in [2.24, 2.45) is 11.7 Å². The number of aromatic nitrogens is 1. The number of aliphatic hydroxyl groups excluding tert-OH is 1. The highest BCUT2D eigenvalue weighted by Gasteiger charge is 2.42. The number of alkyl carbamates (subject to hydrolysis) is 1. The minimum Gasteiger partial charge on any atom is -0.481 e. The van der Waals surface area contributed by atoms with Crippen molar-refractivity contribution in [2.45, 2.75) is 281 Å². The number of unbranched alkanes of at least 4 members (excludes halogenated alkanes) is 6. The number of aliphatic hydroxyl groups is 1. The minimum absolute atomic E-state index is 0.0476. The molecule has 0 radical (unpaired) electrons. The zero-order chi connectivity index (χ0) is 101. The average molecular weight is 1910 g/mol. The first-order valence-electron chi connectivity index (χ1n) is 43.5. The minimum atomic E-state index is -2.55. The molecule has 1 fully saturated rings. The van der Waals surface area contributed by atoms with Gasteiger partial charge in [0.05, 0.1) is 51.8 Å². The highest BCUT2D eigenvalue weighted by molar-refractivity contribution is 6.05. The summed E-state index contributed by atoms with van der Waals surface area (Å²) in [4.78, 5) is 321. The smallest absolute Gasteiger partial charge is 0.408 e. The van der Waals surface area contributed by atoms with Crippen LogP contribution in [-0.4, -0.2) is 283 Å². The van der Waals surface area contributed by atoms with Gasteiger partial charge in [0.2, 0.25) is 88.6 Å². The number of aromatic amines is 1. The van der Waals surface area contributed by atoms with Gasteiger partial charge in [-0.05, 0) is 111 Å². The molecule has 0 aliphatic carbocycles. The Labute approximate surface area is 775 Å². The van der Waals surface area contributed by atoms with Crippen LogP contribution < -0.4 is 91.2 Å². The maximum atomic E-state index is 15.1. The van der Waals surface area contributed by atoms with Crippen molar-refractivity contribution in [3.8, 4) is 0 Å². The van der Waals surface area contributed by atoms with E-state index in [9.17, 15) is 121 Å². The number of benzene rings is 2. The number of fused-ring (bicyclic) bond motifs is 1. The molecule has 1 saturated heterocycles. The van der Waals surface area contributed by atoms with Gasteiger partial charge in [-0.1, -0.05) is 82.7 Å². The summed E-state index contributed by atoms with van der Waals surface area (Å²) < 4.78 is 16.4. The molecule has 1 aliphatic heterocycles. The van der Waals surface area contributed by atoms with Crippen LogP contribution in [0.4, 0.5) is 10.5 Å². The standard InChI is InChI=1S/C86H124N18O31/c1-11-12-13-14-15-16-17-28-62(108)95-53(33-46-39-90-50-26-21-19-23-47(46)50)77(125)98-54(35-61(88)107)78(126)100-57(38-68(117)118)79(127)104-71-45(4)133-83(131)58(34-60(106)48-24-18-20-25-49(48)87)101-82(130)70(43(2)32-65(111)112)103-80(128)59(42-105)96-64(110)40-91-74(122)55(36-66(113)114)97-72(120)44(3)93-76(124)56(37-67(115)116)99-75(123)51(94-63(109)41-92-81(71)129)27-22-31-89-73(121)52(102-84(132)135-86(8,9)10)29-30-69(119)134-85(5,6)7/h18-21,23-26,39,43-45,51-59,70-71,90,105H,11-17,22,27-38,40-42,87H2,1-10H3,(H2,88,107)(H,89,121)(H,91,122)(H,92,129)(H,93,124)(H,94,109)(H,95,108)(H,96,110)(H,97,120)(H,98,125)(H,99,123)(H,100,126)(H,101,130)(H,102,132)(H,103,128)(H,104,127)(H,111,112)(H,113,114)(H,115,116)(H,117,118). The number of rotatable bonds is 41. The number of carboxylic acid groups (broad SMARTS) is 4. The number of nitrogen functional groups attached to an aromatic ring is 1. The molecule has 135 heavy (non-hydrogen) atoms. The molecule has 0 bridgehead atoms. The number of H-pyrrole nitrogens is 1. The topological polar surface area (TPSA) is 770 Å². The van der Waals surface area contributed by atoms with Gasteiger partial charge in [0.15, 0.2) is 5.78 Å². The Bertz CT molecular complexity index is 4780. The van der Waals surface area contributed by atoms with Gasteiger partial charge in [-0.15, -0.1) is 0 Å². The number of ether oxygens (including phenoxy) is 3. The lowest BCUT2D eigenvalue weighted by atomic mass is 9.96. The third-order valence-corrected chi connectivity index (χ3v) is 20.2. The fourth-order valence-corrected chi connectivity index (χ4v) is 13.4. The number of ketones is 1. The number of anilines is 1. The Morgan fingerprint density at radius 2 is 1.07 bits per heavy atom. The van der Waals surface area contributed by atoms with E-state index in [1.165, 1.54) is 45.0 Å². The van der Waals surface area contributed by atoms with Crippen LogP contribution in [0.5, 0.6) is 0 Å². The van der Waals surface area contributed by atoms with Crippen molar-refractivity contribution in [2.75, 3.05) is 32.0 Å². The number of nitrogens with two attached hydrogens (primary N) is 2. The van der Waals surface area contributed by atoms with Gasteiger partial charge in [-0.25, -0.2) is 9.59 Å². The number of hydrogen-bond donors (Lipinski definition) is 23. The van der Waals surface area contributed by atoms with Gasteiger partial charge in [0.1, 0.15) is 89.8 Å². The molecule has 2 heterocycles. The lowest BCUT2D eigenvalue weighted by Gasteiger charge is -2.30. The molecule has 16 amide bonds. The Balaban J connectivity index is 1.96. The summed E-state index contributed by atoms with van der Waals surface area (Å²) in [7, 11) is 0. The van der Waals surface area contributed by atoms with Crippen molar-refractivity contribution in [1.82, 2.24) is 84.7 Å². The van der Waals surface area contributed by atoms with Gasteiger partial charge in [-0.2, -0.15) is 0 Å². The van der Waals surface area contributed by atoms with E-state index < -0.39 is 322 Å². The zero-order valence-electron chi connectivity index (χ0n) is 76.5. The van der Waals surface area contributed by atoms with E-state index in [0.717, 1.165) is 52.9 Å². The van der Waals surface area contributed by atoms with E-state index >= 15 is 14.4 Å². The van der Waals surface area contributed by atoms with E-state index in [-0.39, 0.29) is 24.1 Å². The van der Waals surface area contributed by atoms with Gasteiger partial charge >= 0.3 is 41.9 Å². The summed E-state index contributed by atoms with van der Waals surface area (Å²) in [5.74, 6) is -32.7. The number of primary amides is 1. The van der Waals surface area contributed by atoms with Gasteiger partial charge in [0, 0.05) is 60.6 Å². The molecule has 744 valence electrons. The number of carbonyl (C=O) groups is 23. The van der Waals surface area contributed by atoms with Crippen molar-refractivity contribution in [3.63, 3.8) is 0 Å². The van der Waals surface area contributed by atoms with E-state index in [1.807, 2.05) is 16.0 Å². The number of esters is 2. The molecular formula is C86H124N18O31. The Morgan fingerprint density at radius 1 is 0.526 bits per heavy atom. The lowest BCUT2D eigenvalue weighted by Crippen LogP contribution is -2.62. The van der Waals surface area contributed by atoms with Crippen LogP contribution in [0.25, 0.3) is 10.9 Å². The number of hydrogen-bond acceptors (Lipinski definition) is 28. The molecule has 1 aromatic heterocycles. The van der Waals surface area contributed by atoms with Crippen LogP contribution in [0.1, 0.15) is 201 Å². The molecule has 0 spiro atoms. The number of carbonyl (C=O) groups excluding carboxylic acids is 19. The molecule has 49 heteroatoms. The zero-order valence-corrected chi connectivity index (χ0v) is 76.5. The maximum absolute atomic E-state index is 15.1. The summed E-state index contributed by atoms with van der Waals surface area (Å²) in [6.07, 6.45) is -5.56. The summed E-state index contributed by atoms with van der Waals surface area (Å²) in [6.45, 7) is 9.71. The van der Waals surface area contributed by atoms with Crippen LogP contribution in [-0.2, 0) is 121 Å². The SMILES string of the molecule is CCCCCCCCCC(=O)NC(Cc1c[nH]c2ccccc12)C(=O)NC(CC(N)=O)C(=O)NC(CC(=O)O)C(=O)NC1C(=O)NCC(=O)NC(CCCNC(=O)C(CCC(=O)OC(C)(C)C)NC(=O)OC(C)(C)C)C(=O)NC(CC(=O)O)C(=O)NC(C)C(=O)NC(CC(=O)O)C(=O)NCC(=O)NC(CO)C(=O)NC(C(C)CC(=O)O)C(=O)NC(CC(=O)c2ccccc2N)C(=O)OC1C. The monoisotopic (exact) mass is 1900 g/mol. The second kappa shape index (κ2) is 55.1. The van der Waals surface area contributed by atoms with Gasteiger partial charge in [0.25, 0.3) is 0 Å². The summed E-state index contributed by atoms with van der Waals surface area (Å²) in [5.41, 5.74) is 10.2. The summed E-state index contributed by atoms with van der Waals surface area (Å²) >= 11 is 0. The number of carboxylic acids is 4. The van der Waals surface area contributed by atoms with E-state index in [0.29, 0.717) is 29.3 Å². The molecule has 4 rings (SSSR count). The Morgan fingerprint density at radius 3 is 1.66 bits per heavy atom. The third-order valence-electron chi connectivity index (χ3n) is 20.2. The first-order valence-corrected chi connectivity index (χ1v) is 43.5. The second-order valence-electron chi connectivity index (χ2n) is 34.1. The van der Waals surface area contributed by atoms with Crippen molar-refractivity contribution in [1.29, 1.82) is 0 Å². The van der Waals surface area contributed by atoms with Crippen molar-refractivity contribution >= 4 is 153 Å². The average Bonchev–Trinajstić information content (AvgIpc) is 1.79. The van der Waals surface area contributed by atoms with E-state index in [1.54, 1.807) is 51.2 Å². The highest BCUT2D eigenvalue weighted by atomic mass is 16.6. The number of amides is 16. The normalized spacial score (nSPS) is 20.1. The molecule has 3 aromatic rings. The third kappa shape index (κ3) is 41.5. The van der Waals surface area contributed by atoms with Crippen LogP contribution in [0.15, 0.2) is 54.7 Å². The van der Waals surface area contributed by atoms with Crippen molar-refractivity contribution in [3.05, 3.63) is 65.9 Å². The number of Topliss-reactive ketones (excluding diaryl/α,β-unsaturated/α-hetero) is 1. The van der Waals surface area contributed by atoms with E-state index in [2.05, 4.69) is 75.7 Å². The molecule has 0 saturated carbocycles. The molecule has 14 atom stereocenters. The summed E-state index contributed by atoms with van der Waals surface area (Å²) in [6, 6.07) is -13.2. The molecule has 14 unspecified atom stereocenters. The van der Waals surface area contributed by atoms with Crippen LogP contribution in [0.2, 0.25) is 0 Å². The first-order chi connectivity index (χ1) is 63.3. The van der Waals surface area contributed by atoms with Gasteiger partial charge < -0.3 is 136 Å². The highest BCUT2D eigenvalue weighted by Crippen LogP contribution is 2.23.